The smallest absolute Gasteiger partial charge is 0.306 e. The summed E-state index contributed by atoms with van der Waals surface area (Å²) in [7, 11) is 0. The number of nitrogens with zero attached hydrogens (tertiary/aromatic N) is 1. The van der Waals surface area contributed by atoms with Gasteiger partial charge in [0.15, 0.2) is 0 Å². The standard InChI is InChI=1S/C19H21NO3/c21-19(12-15-6-1-2-7-15)22-14-16-8-3-4-10-18(16)23-17-9-5-11-20-13-17/h3-5,8-11,13,15H,1-2,6-7,12,14H2. The molecule has 3 rings (SSSR count). The summed E-state index contributed by atoms with van der Waals surface area (Å²) in [4.78, 5) is 16.0. The summed E-state index contributed by atoms with van der Waals surface area (Å²) < 4.78 is 11.3. The highest BCUT2D eigenvalue weighted by molar-refractivity contribution is 5.69. The maximum absolute atomic E-state index is 12.0. The number of hydrogen-bond donors (Lipinski definition) is 0. The number of rotatable bonds is 6. The Morgan fingerprint density at radius 3 is 2.74 bits per heavy atom. The second-order valence-corrected chi connectivity index (χ2v) is 5.91. The molecule has 120 valence electrons. The second kappa shape index (κ2) is 7.77. The summed E-state index contributed by atoms with van der Waals surface area (Å²) in [6, 6.07) is 11.3. The molecule has 1 fully saturated rings. The number of pyridine rings is 1. The molecule has 0 spiro atoms. The highest BCUT2D eigenvalue weighted by atomic mass is 16.5. The lowest BCUT2D eigenvalue weighted by atomic mass is 10.0. The van der Waals surface area contributed by atoms with Crippen LogP contribution in [-0.2, 0) is 16.1 Å². The van der Waals surface area contributed by atoms with Crippen LogP contribution >= 0.6 is 0 Å². The van der Waals surface area contributed by atoms with Crippen LogP contribution in [0.25, 0.3) is 0 Å². The van der Waals surface area contributed by atoms with Crippen molar-refractivity contribution in [3.8, 4) is 11.5 Å². The van der Waals surface area contributed by atoms with E-state index in [2.05, 4.69) is 4.98 Å². The molecule has 0 aliphatic heterocycles. The van der Waals surface area contributed by atoms with Crippen molar-refractivity contribution in [3.63, 3.8) is 0 Å². The molecule has 1 saturated carbocycles. The average Bonchev–Trinajstić information content (AvgIpc) is 3.08. The van der Waals surface area contributed by atoms with Crippen LogP contribution < -0.4 is 4.74 Å². The Balaban J connectivity index is 1.58. The van der Waals surface area contributed by atoms with E-state index >= 15 is 0 Å². The molecular formula is C19H21NO3. The summed E-state index contributed by atoms with van der Waals surface area (Å²) in [6.07, 6.45) is 8.66. The predicted molar refractivity (Wildman–Crippen MR) is 87.1 cm³/mol. The molecule has 0 atom stereocenters. The third kappa shape index (κ3) is 4.55. The summed E-state index contributed by atoms with van der Waals surface area (Å²) >= 11 is 0. The molecule has 2 aromatic rings. The second-order valence-electron chi connectivity index (χ2n) is 5.91. The van der Waals surface area contributed by atoms with Gasteiger partial charge >= 0.3 is 5.97 Å². The number of carbonyl (C=O) groups excluding carboxylic acids is 1. The molecule has 0 bridgehead atoms. The van der Waals surface area contributed by atoms with Crippen LogP contribution in [0.5, 0.6) is 11.5 Å². The van der Waals surface area contributed by atoms with Gasteiger partial charge in [-0.1, -0.05) is 31.0 Å². The van der Waals surface area contributed by atoms with Gasteiger partial charge in [0.25, 0.3) is 0 Å². The van der Waals surface area contributed by atoms with Gasteiger partial charge in [-0.2, -0.15) is 0 Å². The molecule has 1 aromatic heterocycles. The van der Waals surface area contributed by atoms with Crippen LogP contribution in [0.1, 0.15) is 37.7 Å². The molecular weight excluding hydrogens is 290 g/mol. The first-order valence-electron chi connectivity index (χ1n) is 8.12. The fourth-order valence-corrected chi connectivity index (χ4v) is 2.92. The zero-order chi connectivity index (χ0) is 15.9. The fourth-order valence-electron chi connectivity index (χ4n) is 2.92. The minimum atomic E-state index is -0.118. The zero-order valence-electron chi connectivity index (χ0n) is 13.1. The predicted octanol–water partition coefficient (Wildman–Crippen LogP) is 4.50. The van der Waals surface area contributed by atoms with Gasteiger partial charge in [-0.3, -0.25) is 9.78 Å². The zero-order valence-corrected chi connectivity index (χ0v) is 13.1. The molecule has 1 heterocycles. The Kier molecular flexibility index (Phi) is 5.25. The minimum Gasteiger partial charge on any atom is -0.461 e. The topological polar surface area (TPSA) is 48.4 Å². The highest BCUT2D eigenvalue weighted by Gasteiger charge is 2.19. The van der Waals surface area contributed by atoms with Crippen molar-refractivity contribution >= 4 is 5.97 Å². The Morgan fingerprint density at radius 2 is 1.96 bits per heavy atom. The molecule has 1 aliphatic rings. The Morgan fingerprint density at radius 1 is 1.13 bits per heavy atom. The number of esters is 1. The maximum atomic E-state index is 12.0. The lowest BCUT2D eigenvalue weighted by molar-refractivity contribution is -0.146. The average molecular weight is 311 g/mol. The number of hydrogen-bond acceptors (Lipinski definition) is 4. The van der Waals surface area contributed by atoms with Crippen LogP contribution in [0.2, 0.25) is 0 Å². The third-order valence-electron chi connectivity index (χ3n) is 4.15. The van der Waals surface area contributed by atoms with E-state index in [1.54, 1.807) is 12.4 Å². The van der Waals surface area contributed by atoms with Gasteiger partial charge in [-0.25, -0.2) is 0 Å². The first-order chi connectivity index (χ1) is 11.3. The molecule has 1 aromatic carbocycles. The fraction of sp³-hybridized carbons (Fsp3) is 0.368. The molecule has 23 heavy (non-hydrogen) atoms. The summed E-state index contributed by atoms with van der Waals surface area (Å²) in [5, 5.41) is 0. The maximum Gasteiger partial charge on any atom is 0.306 e. The van der Waals surface area contributed by atoms with Gasteiger partial charge in [0, 0.05) is 18.2 Å². The number of para-hydroxylation sites is 1. The lowest BCUT2D eigenvalue weighted by Crippen LogP contribution is -2.09. The number of ether oxygens (including phenoxy) is 2. The molecule has 0 saturated heterocycles. The van der Waals surface area contributed by atoms with Crippen molar-refractivity contribution in [2.45, 2.75) is 38.7 Å². The Labute approximate surface area is 136 Å². The molecule has 0 unspecified atom stereocenters. The Hall–Kier alpha value is -2.36. The van der Waals surface area contributed by atoms with E-state index in [0.29, 0.717) is 23.8 Å². The molecule has 0 amide bonds. The van der Waals surface area contributed by atoms with Gasteiger partial charge < -0.3 is 9.47 Å². The van der Waals surface area contributed by atoms with Gasteiger partial charge in [0.05, 0.1) is 6.20 Å². The molecule has 4 heteroatoms. The SMILES string of the molecule is O=C(CC1CCCC1)OCc1ccccc1Oc1cccnc1. The molecule has 0 N–H and O–H groups in total. The van der Waals surface area contributed by atoms with E-state index in [0.717, 1.165) is 18.4 Å². The van der Waals surface area contributed by atoms with Crippen molar-refractivity contribution in [2.24, 2.45) is 5.92 Å². The quantitative estimate of drug-likeness (QED) is 0.737. The van der Waals surface area contributed by atoms with Crippen LogP contribution in [-0.4, -0.2) is 11.0 Å². The largest absolute Gasteiger partial charge is 0.461 e. The highest BCUT2D eigenvalue weighted by Crippen LogP contribution is 2.28. The van der Waals surface area contributed by atoms with Crippen LogP contribution in [0, 0.1) is 5.92 Å². The van der Waals surface area contributed by atoms with E-state index < -0.39 is 0 Å². The van der Waals surface area contributed by atoms with E-state index in [-0.39, 0.29) is 12.6 Å². The van der Waals surface area contributed by atoms with Crippen molar-refractivity contribution < 1.29 is 14.3 Å². The van der Waals surface area contributed by atoms with Crippen molar-refractivity contribution in [1.29, 1.82) is 0 Å². The summed E-state index contributed by atoms with van der Waals surface area (Å²) in [5.41, 5.74) is 0.858. The number of carbonyl (C=O) groups is 1. The van der Waals surface area contributed by atoms with E-state index in [1.165, 1.54) is 12.8 Å². The van der Waals surface area contributed by atoms with Crippen LogP contribution in [0.4, 0.5) is 0 Å². The number of benzene rings is 1. The molecule has 1 aliphatic carbocycles. The van der Waals surface area contributed by atoms with Gasteiger partial charge in [-0.05, 0) is 37.0 Å². The normalized spacial score (nSPS) is 14.6. The summed E-state index contributed by atoms with van der Waals surface area (Å²) in [5.74, 6) is 1.74. The molecule has 4 nitrogen and oxygen atoms in total. The van der Waals surface area contributed by atoms with Crippen molar-refractivity contribution in [2.75, 3.05) is 0 Å². The van der Waals surface area contributed by atoms with E-state index in [4.69, 9.17) is 9.47 Å². The lowest BCUT2D eigenvalue weighted by Gasteiger charge is -2.12. The van der Waals surface area contributed by atoms with Gasteiger partial charge in [0.2, 0.25) is 0 Å². The first kappa shape index (κ1) is 15.5. The minimum absolute atomic E-state index is 0.118. The van der Waals surface area contributed by atoms with E-state index in [9.17, 15) is 4.79 Å². The van der Waals surface area contributed by atoms with Crippen molar-refractivity contribution in [3.05, 3.63) is 54.4 Å². The first-order valence-corrected chi connectivity index (χ1v) is 8.12. The molecule has 0 radical (unpaired) electrons. The monoisotopic (exact) mass is 311 g/mol. The van der Waals surface area contributed by atoms with Crippen LogP contribution in [0.15, 0.2) is 48.8 Å². The van der Waals surface area contributed by atoms with E-state index in [1.807, 2.05) is 36.4 Å². The third-order valence-corrected chi connectivity index (χ3v) is 4.15. The summed E-state index contributed by atoms with van der Waals surface area (Å²) in [6.45, 7) is 0.238. The van der Waals surface area contributed by atoms with Gasteiger partial charge in [-0.15, -0.1) is 0 Å². The van der Waals surface area contributed by atoms with Crippen LogP contribution in [0.3, 0.4) is 0 Å². The van der Waals surface area contributed by atoms with Crippen molar-refractivity contribution in [1.82, 2.24) is 4.98 Å². The number of aromatic nitrogens is 1. The Bertz CT molecular complexity index is 636. The van der Waals surface area contributed by atoms with Gasteiger partial charge in [0.1, 0.15) is 18.1 Å².